The van der Waals surface area contributed by atoms with E-state index in [1.165, 1.54) is 12.5 Å². The summed E-state index contributed by atoms with van der Waals surface area (Å²) in [5, 5.41) is 28.3. The molecule has 0 aliphatic carbocycles. The van der Waals surface area contributed by atoms with Gasteiger partial charge in [0, 0.05) is 31.0 Å². The summed E-state index contributed by atoms with van der Waals surface area (Å²) in [4.78, 5) is 82.2. The molecule has 4 amide bonds. The van der Waals surface area contributed by atoms with Crippen LogP contribution >= 0.6 is 11.6 Å². The van der Waals surface area contributed by atoms with Crippen LogP contribution in [0.5, 0.6) is 0 Å². The van der Waals surface area contributed by atoms with Gasteiger partial charge in [0.1, 0.15) is 29.1 Å². The van der Waals surface area contributed by atoms with Crippen molar-refractivity contribution >= 4 is 57.2 Å². The van der Waals surface area contributed by atoms with Gasteiger partial charge in [0.25, 0.3) is 0 Å². The summed E-state index contributed by atoms with van der Waals surface area (Å²) in [5.74, 6) is -5.98. The van der Waals surface area contributed by atoms with Gasteiger partial charge in [0.2, 0.25) is 17.7 Å². The minimum Gasteiger partial charge on any atom is -0.481 e. The van der Waals surface area contributed by atoms with Crippen LogP contribution in [-0.4, -0.2) is 94.8 Å². The summed E-state index contributed by atoms with van der Waals surface area (Å²) in [6.07, 6.45) is 1.37. The second-order valence-electron chi connectivity index (χ2n) is 11.2. The molecule has 2 rings (SSSR count). The third-order valence-electron chi connectivity index (χ3n) is 6.74. The molecule has 0 fully saturated rings. The summed E-state index contributed by atoms with van der Waals surface area (Å²) in [7, 11) is -3.95. The molecule has 0 aliphatic heterocycles. The fraction of sp³-hybridized carbons (Fsp3) is 0.433. The molecule has 0 saturated heterocycles. The predicted molar refractivity (Wildman–Crippen MR) is 174 cm³/mol. The van der Waals surface area contributed by atoms with Crippen molar-refractivity contribution in [2.24, 2.45) is 5.92 Å². The van der Waals surface area contributed by atoms with Crippen LogP contribution in [0.1, 0.15) is 44.4 Å². The second kappa shape index (κ2) is 19.1. The van der Waals surface area contributed by atoms with Crippen LogP contribution in [0.2, 0.25) is 0 Å². The van der Waals surface area contributed by atoms with E-state index in [1.54, 1.807) is 44.2 Å². The van der Waals surface area contributed by atoms with E-state index in [2.05, 4.69) is 31.2 Å². The number of ether oxygens (including phenoxy) is 1. The number of benzene rings is 1. The van der Waals surface area contributed by atoms with Crippen molar-refractivity contribution in [2.75, 3.05) is 6.26 Å². The number of aromatic amines is 1. The van der Waals surface area contributed by atoms with Crippen molar-refractivity contribution in [3.63, 3.8) is 0 Å². The molecule has 1 aromatic heterocycles. The molecule has 2 aromatic rings. The number of carboxylic acid groups (broad SMARTS) is 2. The first-order valence-electron chi connectivity index (χ1n) is 14.8. The van der Waals surface area contributed by atoms with E-state index in [0.29, 0.717) is 11.3 Å². The normalized spacial score (nSPS) is 14.1. The number of H-pyrrole nitrogens is 1. The van der Waals surface area contributed by atoms with Crippen molar-refractivity contribution in [3.05, 3.63) is 64.6 Å². The molecule has 0 saturated carbocycles. The Morgan fingerprint density at radius 1 is 0.939 bits per heavy atom. The Balaban J connectivity index is 2.28. The maximum atomic E-state index is 13.5. The van der Waals surface area contributed by atoms with Crippen molar-refractivity contribution in [2.45, 2.75) is 70.3 Å². The quantitative estimate of drug-likeness (QED) is 0.106. The Labute approximate surface area is 287 Å². The van der Waals surface area contributed by atoms with Gasteiger partial charge in [0.05, 0.1) is 18.8 Å². The second-order valence-corrected chi connectivity index (χ2v) is 13.8. The zero-order chi connectivity index (χ0) is 36.7. The smallest absolute Gasteiger partial charge is 0.408 e. The van der Waals surface area contributed by atoms with E-state index in [1.807, 2.05) is 0 Å². The van der Waals surface area contributed by atoms with Gasteiger partial charge in [-0.3, -0.25) is 24.0 Å². The Morgan fingerprint density at radius 2 is 1.57 bits per heavy atom. The van der Waals surface area contributed by atoms with E-state index in [0.717, 1.165) is 12.3 Å². The number of sulfone groups is 1. The van der Waals surface area contributed by atoms with Gasteiger partial charge in [-0.25, -0.2) is 18.2 Å². The molecule has 1 aromatic carbocycles. The number of carbonyl (C=O) groups excluding carboxylic acids is 4. The number of nitrogens with zero attached hydrogens (tertiary/aromatic N) is 1. The molecule has 19 heteroatoms. The Kier molecular flexibility index (Phi) is 15.7. The molecule has 0 unspecified atom stereocenters. The number of aliphatic carboxylic acids is 2. The van der Waals surface area contributed by atoms with Crippen molar-refractivity contribution < 1.29 is 52.1 Å². The van der Waals surface area contributed by atoms with Gasteiger partial charge in [-0.2, -0.15) is 0 Å². The maximum absolute atomic E-state index is 13.5. The van der Waals surface area contributed by atoms with Gasteiger partial charge in [-0.15, -0.1) is 0 Å². The minimum absolute atomic E-state index is 0.0773. The highest BCUT2D eigenvalue weighted by atomic mass is 35.5. The lowest BCUT2D eigenvalue weighted by Gasteiger charge is -2.27. The number of carbonyl (C=O) groups is 6. The first-order valence-corrected chi connectivity index (χ1v) is 17.1. The SMILES string of the molecule is CC(C)[C@H](NC(=O)OCc1ccccc1)C(=O)N[C@@H](CCC(=O)O)C(=O)N[C@@H](Cc1cnc[nH]1)C(=O)N[C@H](/C=C(\Cl)S(C)(=O)=O)CC(=O)O. The molecule has 0 bridgehead atoms. The number of nitrogens with one attached hydrogen (secondary N) is 5. The number of imidazole rings is 1. The molecular formula is C30H39ClN6O11S. The third kappa shape index (κ3) is 14.8. The summed E-state index contributed by atoms with van der Waals surface area (Å²) in [5.41, 5.74) is 1.05. The van der Waals surface area contributed by atoms with Crippen LogP contribution in [-0.2, 0) is 51.6 Å². The molecule has 1 heterocycles. The van der Waals surface area contributed by atoms with Gasteiger partial charge in [0.15, 0.2) is 9.84 Å². The maximum Gasteiger partial charge on any atom is 0.408 e. The third-order valence-corrected chi connectivity index (χ3v) is 8.55. The zero-order valence-electron chi connectivity index (χ0n) is 26.8. The van der Waals surface area contributed by atoms with E-state index >= 15 is 0 Å². The lowest BCUT2D eigenvalue weighted by Crippen LogP contribution is -2.58. The lowest BCUT2D eigenvalue weighted by atomic mass is 10.0. The van der Waals surface area contributed by atoms with Crippen molar-refractivity contribution in [3.8, 4) is 0 Å². The van der Waals surface area contributed by atoms with Crippen LogP contribution in [0, 0.1) is 5.92 Å². The van der Waals surface area contributed by atoms with Gasteiger partial charge in [-0.1, -0.05) is 55.8 Å². The molecular weight excluding hydrogens is 688 g/mol. The van der Waals surface area contributed by atoms with Crippen LogP contribution in [0.3, 0.4) is 0 Å². The van der Waals surface area contributed by atoms with Crippen molar-refractivity contribution in [1.82, 2.24) is 31.2 Å². The first kappa shape index (κ1) is 40.2. The number of amides is 4. The summed E-state index contributed by atoms with van der Waals surface area (Å²) in [6, 6.07) is 3.16. The molecule has 49 heavy (non-hydrogen) atoms. The number of halogens is 1. The fourth-order valence-corrected chi connectivity index (χ4v) is 4.79. The van der Waals surface area contributed by atoms with Crippen LogP contribution in [0.15, 0.2) is 53.3 Å². The Bertz CT molecular complexity index is 1600. The monoisotopic (exact) mass is 726 g/mol. The fourth-order valence-electron chi connectivity index (χ4n) is 4.23. The minimum atomic E-state index is -3.95. The van der Waals surface area contributed by atoms with E-state index in [-0.39, 0.29) is 13.0 Å². The van der Waals surface area contributed by atoms with E-state index in [9.17, 15) is 47.4 Å². The van der Waals surface area contributed by atoms with Crippen molar-refractivity contribution in [1.29, 1.82) is 0 Å². The van der Waals surface area contributed by atoms with Gasteiger partial charge < -0.3 is 41.2 Å². The number of hydrogen-bond acceptors (Lipinski definition) is 10. The zero-order valence-corrected chi connectivity index (χ0v) is 28.4. The number of hydrogen-bond donors (Lipinski definition) is 7. The summed E-state index contributed by atoms with van der Waals surface area (Å²) < 4.78 is 28.1. The summed E-state index contributed by atoms with van der Waals surface area (Å²) in [6.45, 7) is 3.17. The molecule has 0 aliphatic rings. The predicted octanol–water partition coefficient (Wildman–Crippen LogP) is 0.822. The van der Waals surface area contributed by atoms with Crippen LogP contribution in [0.25, 0.3) is 0 Å². The molecule has 0 spiro atoms. The Hall–Kier alpha value is -4.97. The highest BCUT2D eigenvalue weighted by molar-refractivity contribution is 7.96. The first-order chi connectivity index (χ1) is 23.0. The molecule has 4 atom stereocenters. The van der Waals surface area contributed by atoms with Crippen LogP contribution < -0.4 is 21.3 Å². The molecule has 7 N–H and O–H groups in total. The number of aromatic nitrogens is 2. The average molecular weight is 727 g/mol. The largest absolute Gasteiger partial charge is 0.481 e. The number of rotatable bonds is 19. The number of carboxylic acids is 2. The number of alkyl carbamates (subject to hydrolysis) is 1. The van der Waals surface area contributed by atoms with Gasteiger partial charge >= 0.3 is 18.0 Å². The topological polar surface area (TPSA) is 263 Å². The Morgan fingerprint density at radius 3 is 2.12 bits per heavy atom. The van der Waals surface area contributed by atoms with E-state index in [4.69, 9.17) is 16.3 Å². The van der Waals surface area contributed by atoms with Gasteiger partial charge in [-0.05, 0) is 24.0 Å². The highest BCUT2D eigenvalue weighted by Crippen LogP contribution is 2.13. The molecule has 0 radical (unpaired) electrons. The lowest BCUT2D eigenvalue weighted by molar-refractivity contribution is -0.139. The standard InChI is InChI=1S/C30H39ClN6O11S/c1-17(2)26(37-30(45)48-15-18-7-5-4-6-8-18)29(44)35-21(9-10-24(38)39)27(42)36-22(11-20-14-32-16-33-20)28(43)34-19(13-25(40)41)12-23(31)49(3,46)47/h4-8,12,14,16-17,19,21-22,26H,9-11,13,15H2,1-3H3,(H,32,33)(H,34,43)(H,35,44)(H,36,42)(H,37,45)(H,38,39)(H,40,41)/b23-12+/t19-,21+,22+,26+/m1/s1. The highest BCUT2D eigenvalue weighted by Gasteiger charge is 2.32. The van der Waals surface area contributed by atoms with E-state index < -0.39 is 99.3 Å². The summed E-state index contributed by atoms with van der Waals surface area (Å²) >= 11 is 5.80. The molecule has 268 valence electrons. The molecule has 17 nitrogen and oxygen atoms in total. The van der Waals surface area contributed by atoms with Crippen LogP contribution in [0.4, 0.5) is 4.79 Å². The average Bonchev–Trinajstić information content (AvgIpc) is 3.53.